The summed E-state index contributed by atoms with van der Waals surface area (Å²) in [4.78, 5) is 0. The summed E-state index contributed by atoms with van der Waals surface area (Å²) in [7, 11) is 1.55. The van der Waals surface area contributed by atoms with Gasteiger partial charge in [-0.2, -0.15) is 13.2 Å². The molecule has 1 aromatic carbocycles. The minimum Gasteiger partial charge on any atom is -0.497 e. The van der Waals surface area contributed by atoms with Gasteiger partial charge < -0.3 is 14.2 Å². The van der Waals surface area contributed by atoms with Crippen LogP contribution in [0.2, 0.25) is 0 Å². The fraction of sp³-hybridized carbons (Fsp3) is 0.538. The first-order valence-electron chi connectivity index (χ1n) is 5.96. The zero-order valence-electron chi connectivity index (χ0n) is 11.0. The summed E-state index contributed by atoms with van der Waals surface area (Å²) in [5.74, 6) is 1.52. The van der Waals surface area contributed by atoms with Crippen molar-refractivity contribution in [3.05, 3.63) is 23.8 Å². The van der Waals surface area contributed by atoms with E-state index in [1.54, 1.807) is 25.3 Å². The highest BCUT2D eigenvalue weighted by Crippen LogP contribution is 2.25. The van der Waals surface area contributed by atoms with E-state index in [0.717, 1.165) is 5.56 Å². The molecule has 7 heteroatoms. The molecule has 0 bridgehead atoms. The number of hydrogen-bond acceptors (Lipinski definition) is 3. The van der Waals surface area contributed by atoms with Gasteiger partial charge >= 0.3 is 6.18 Å². The molecule has 0 aliphatic carbocycles. The van der Waals surface area contributed by atoms with Crippen LogP contribution in [-0.2, 0) is 10.6 Å². The van der Waals surface area contributed by atoms with Crippen molar-refractivity contribution in [3.8, 4) is 11.5 Å². The third kappa shape index (κ3) is 6.34. The molecule has 0 amide bonds. The quantitative estimate of drug-likeness (QED) is 0.540. The van der Waals surface area contributed by atoms with E-state index in [1.165, 1.54) is 0 Å². The molecule has 0 spiro atoms. The highest BCUT2D eigenvalue weighted by Gasteiger charge is 2.27. The van der Waals surface area contributed by atoms with Gasteiger partial charge in [0.05, 0.1) is 26.2 Å². The van der Waals surface area contributed by atoms with E-state index in [1.807, 2.05) is 0 Å². The van der Waals surface area contributed by atoms with Crippen molar-refractivity contribution in [1.29, 1.82) is 0 Å². The predicted octanol–water partition coefficient (Wildman–Crippen LogP) is 3.78. The lowest BCUT2D eigenvalue weighted by molar-refractivity contribution is -0.174. The number of methoxy groups -OCH3 is 1. The fourth-order valence-corrected chi connectivity index (χ4v) is 1.67. The van der Waals surface area contributed by atoms with E-state index in [4.69, 9.17) is 21.1 Å². The first kappa shape index (κ1) is 16.9. The molecule has 0 aliphatic rings. The highest BCUT2D eigenvalue weighted by atomic mass is 35.5. The third-order valence-corrected chi connectivity index (χ3v) is 2.66. The smallest absolute Gasteiger partial charge is 0.411 e. The van der Waals surface area contributed by atoms with Crippen LogP contribution in [0.3, 0.4) is 0 Å². The second-order valence-corrected chi connectivity index (χ2v) is 4.24. The number of rotatable bonds is 8. The first-order chi connectivity index (χ1) is 9.46. The summed E-state index contributed by atoms with van der Waals surface area (Å²) in [5, 5.41) is 0. The maximum Gasteiger partial charge on any atom is 0.411 e. The van der Waals surface area contributed by atoms with Crippen LogP contribution >= 0.6 is 11.6 Å². The number of hydrogen-bond donors (Lipinski definition) is 0. The van der Waals surface area contributed by atoms with Crippen molar-refractivity contribution < 1.29 is 27.4 Å². The largest absolute Gasteiger partial charge is 0.497 e. The average Bonchev–Trinajstić information content (AvgIpc) is 2.41. The Morgan fingerprint density at radius 3 is 2.55 bits per heavy atom. The van der Waals surface area contributed by atoms with Crippen molar-refractivity contribution in [1.82, 2.24) is 0 Å². The van der Waals surface area contributed by atoms with Crippen LogP contribution in [0.25, 0.3) is 0 Å². The van der Waals surface area contributed by atoms with Crippen molar-refractivity contribution in [3.63, 3.8) is 0 Å². The zero-order valence-corrected chi connectivity index (χ0v) is 11.8. The Hall–Kier alpha value is -1.14. The summed E-state index contributed by atoms with van der Waals surface area (Å²) < 4.78 is 50.4. The van der Waals surface area contributed by atoms with Gasteiger partial charge in [0.1, 0.15) is 18.1 Å². The second kappa shape index (κ2) is 8.21. The van der Waals surface area contributed by atoms with E-state index in [2.05, 4.69) is 4.74 Å². The van der Waals surface area contributed by atoms with Crippen molar-refractivity contribution >= 4 is 11.6 Å². The molecule has 0 saturated heterocycles. The molecule has 0 heterocycles. The summed E-state index contributed by atoms with van der Waals surface area (Å²) in [6.07, 6.45) is -3.92. The SMILES string of the molecule is COc1ccc(OCCCOCC(F)(F)F)c(CCl)c1. The Morgan fingerprint density at radius 2 is 1.95 bits per heavy atom. The van der Waals surface area contributed by atoms with Gasteiger partial charge in [-0.1, -0.05) is 0 Å². The molecule has 0 N–H and O–H groups in total. The summed E-state index contributed by atoms with van der Waals surface area (Å²) in [5.41, 5.74) is 0.766. The number of alkyl halides is 4. The van der Waals surface area contributed by atoms with Gasteiger partial charge in [0.2, 0.25) is 0 Å². The van der Waals surface area contributed by atoms with Crippen LogP contribution in [0, 0.1) is 0 Å². The van der Waals surface area contributed by atoms with Crippen LogP contribution in [-0.4, -0.2) is 33.1 Å². The second-order valence-electron chi connectivity index (χ2n) is 3.98. The van der Waals surface area contributed by atoms with E-state index < -0.39 is 12.8 Å². The van der Waals surface area contributed by atoms with E-state index in [9.17, 15) is 13.2 Å². The van der Waals surface area contributed by atoms with Crippen LogP contribution in [0.15, 0.2) is 18.2 Å². The van der Waals surface area contributed by atoms with Crippen LogP contribution in [0.4, 0.5) is 13.2 Å². The molecule has 0 aliphatic heterocycles. The lowest BCUT2D eigenvalue weighted by Gasteiger charge is -2.12. The van der Waals surface area contributed by atoms with E-state index in [-0.39, 0.29) is 19.1 Å². The molecular formula is C13H16ClF3O3. The molecule has 0 saturated carbocycles. The molecule has 1 aromatic rings. The average molecular weight is 313 g/mol. The Balaban J connectivity index is 2.31. The standard InChI is InChI=1S/C13H16ClF3O3/c1-18-11-3-4-12(10(7-11)8-14)20-6-2-5-19-9-13(15,16)17/h3-4,7H,2,5-6,8-9H2,1H3. The Bertz CT molecular complexity index is 410. The van der Waals surface area contributed by atoms with Gasteiger partial charge in [0.25, 0.3) is 0 Å². The van der Waals surface area contributed by atoms with Gasteiger partial charge in [0.15, 0.2) is 0 Å². The summed E-state index contributed by atoms with van der Waals surface area (Å²) >= 11 is 5.79. The van der Waals surface area contributed by atoms with Gasteiger partial charge in [-0.15, -0.1) is 11.6 Å². The predicted molar refractivity (Wildman–Crippen MR) is 69.5 cm³/mol. The number of benzene rings is 1. The fourth-order valence-electron chi connectivity index (χ4n) is 1.46. The lowest BCUT2D eigenvalue weighted by atomic mass is 10.2. The molecule has 1 rings (SSSR count). The van der Waals surface area contributed by atoms with Gasteiger partial charge in [-0.3, -0.25) is 0 Å². The summed E-state index contributed by atoms with van der Waals surface area (Å²) in [6.45, 7) is -0.984. The normalized spacial score (nSPS) is 11.4. The molecule has 0 radical (unpaired) electrons. The van der Waals surface area contributed by atoms with Gasteiger partial charge in [-0.25, -0.2) is 0 Å². The molecular weight excluding hydrogens is 297 g/mol. The van der Waals surface area contributed by atoms with Crippen molar-refractivity contribution in [2.75, 3.05) is 26.9 Å². The Morgan fingerprint density at radius 1 is 1.20 bits per heavy atom. The van der Waals surface area contributed by atoms with Gasteiger partial charge in [0, 0.05) is 12.0 Å². The monoisotopic (exact) mass is 312 g/mol. The van der Waals surface area contributed by atoms with Crippen LogP contribution in [0.5, 0.6) is 11.5 Å². The maximum absolute atomic E-state index is 11.8. The Labute approximate surface area is 120 Å². The maximum atomic E-state index is 11.8. The lowest BCUT2D eigenvalue weighted by Crippen LogP contribution is -2.18. The number of halogens is 4. The van der Waals surface area contributed by atoms with Crippen LogP contribution < -0.4 is 9.47 Å². The molecule has 20 heavy (non-hydrogen) atoms. The van der Waals surface area contributed by atoms with Gasteiger partial charge in [-0.05, 0) is 18.2 Å². The zero-order chi connectivity index (χ0) is 15.0. The molecule has 0 unspecified atom stereocenters. The van der Waals surface area contributed by atoms with Crippen molar-refractivity contribution in [2.24, 2.45) is 0 Å². The van der Waals surface area contributed by atoms with E-state index in [0.29, 0.717) is 17.9 Å². The minimum absolute atomic E-state index is 0.00806. The summed E-state index contributed by atoms with van der Waals surface area (Å²) in [6, 6.07) is 5.20. The number of ether oxygens (including phenoxy) is 3. The molecule has 0 fully saturated rings. The molecule has 3 nitrogen and oxygen atoms in total. The molecule has 114 valence electrons. The topological polar surface area (TPSA) is 27.7 Å². The molecule has 0 atom stereocenters. The Kier molecular flexibility index (Phi) is 6.95. The first-order valence-corrected chi connectivity index (χ1v) is 6.50. The van der Waals surface area contributed by atoms with Crippen molar-refractivity contribution in [2.45, 2.75) is 18.5 Å². The minimum atomic E-state index is -4.29. The highest BCUT2D eigenvalue weighted by molar-refractivity contribution is 6.17. The van der Waals surface area contributed by atoms with Crippen LogP contribution in [0.1, 0.15) is 12.0 Å². The third-order valence-electron chi connectivity index (χ3n) is 2.37. The molecule has 0 aromatic heterocycles. The van der Waals surface area contributed by atoms with E-state index >= 15 is 0 Å².